The molecule has 1 N–H and O–H groups in total. The summed E-state index contributed by atoms with van der Waals surface area (Å²) in [7, 11) is 0. The topological polar surface area (TPSA) is 74.6 Å². The molecule has 9 heteroatoms. The van der Waals surface area contributed by atoms with Crippen LogP contribution < -0.4 is 4.90 Å². The molecule has 2 saturated heterocycles. The van der Waals surface area contributed by atoms with Crippen LogP contribution in [0, 0.1) is 19.8 Å². The molecule has 8 nitrogen and oxygen atoms in total. The summed E-state index contributed by atoms with van der Waals surface area (Å²) in [6.45, 7) is 17.5. The van der Waals surface area contributed by atoms with Crippen LogP contribution in [0.3, 0.4) is 0 Å². The van der Waals surface area contributed by atoms with E-state index in [1.165, 1.54) is 41.6 Å². The van der Waals surface area contributed by atoms with E-state index in [9.17, 15) is 0 Å². The maximum atomic E-state index is 5.55. The van der Waals surface area contributed by atoms with Gasteiger partial charge in [-0.3, -0.25) is 4.90 Å². The summed E-state index contributed by atoms with van der Waals surface area (Å²) in [6, 6.07) is 0.454. The number of nitrogens with one attached hydrogen (secondary N) is 1. The number of aromatic amines is 1. The average Bonchev–Trinajstić information content (AvgIpc) is 3.56. The van der Waals surface area contributed by atoms with Gasteiger partial charge in [-0.2, -0.15) is 5.10 Å². The van der Waals surface area contributed by atoms with Crippen molar-refractivity contribution < 1.29 is 4.74 Å². The first kappa shape index (κ1) is 23.9. The molecule has 6 heterocycles. The van der Waals surface area contributed by atoms with Crippen molar-refractivity contribution in [2.75, 3.05) is 44.3 Å². The van der Waals surface area contributed by atoms with E-state index in [1.807, 2.05) is 4.52 Å². The van der Waals surface area contributed by atoms with E-state index < -0.39 is 0 Å². The van der Waals surface area contributed by atoms with Gasteiger partial charge in [0.2, 0.25) is 0 Å². The van der Waals surface area contributed by atoms with Crippen molar-refractivity contribution in [3.8, 4) is 11.3 Å². The zero-order valence-electron chi connectivity index (χ0n) is 22.0. The van der Waals surface area contributed by atoms with Crippen LogP contribution in [-0.2, 0) is 4.74 Å². The number of fused-ring (bicyclic) bond motifs is 2. The van der Waals surface area contributed by atoms with Crippen LogP contribution in [0.5, 0.6) is 0 Å². The van der Waals surface area contributed by atoms with Gasteiger partial charge in [0, 0.05) is 62.8 Å². The SMILES string of the molecule is Cc1c(-c2[nH]c3sc(N4CCN(CC5CCOCC5)CC4C)nc3c2C(C)C)cn2ncnc2c1C. The fraction of sp³-hybridized carbons (Fsp3) is 0.593. The van der Waals surface area contributed by atoms with Gasteiger partial charge in [0.25, 0.3) is 0 Å². The van der Waals surface area contributed by atoms with Crippen LogP contribution in [0.2, 0.25) is 0 Å². The predicted molar refractivity (Wildman–Crippen MR) is 146 cm³/mol. The fourth-order valence-electron chi connectivity index (χ4n) is 6.00. The summed E-state index contributed by atoms with van der Waals surface area (Å²) in [4.78, 5) is 19.8. The maximum absolute atomic E-state index is 5.55. The third-order valence-electron chi connectivity index (χ3n) is 8.17. The summed E-state index contributed by atoms with van der Waals surface area (Å²) in [6.07, 6.45) is 6.14. The van der Waals surface area contributed by atoms with E-state index in [0.29, 0.717) is 12.0 Å². The minimum absolute atomic E-state index is 0.351. The number of thiazole rings is 1. The first-order valence-corrected chi connectivity index (χ1v) is 14.1. The molecule has 2 fully saturated rings. The molecule has 36 heavy (non-hydrogen) atoms. The molecule has 4 aromatic heterocycles. The Balaban J connectivity index is 1.29. The first-order chi connectivity index (χ1) is 17.4. The number of piperazine rings is 1. The summed E-state index contributed by atoms with van der Waals surface area (Å²) in [5.41, 5.74) is 8.07. The molecule has 192 valence electrons. The quantitative estimate of drug-likeness (QED) is 0.409. The number of rotatable bonds is 5. The Morgan fingerprint density at radius 3 is 2.72 bits per heavy atom. The highest BCUT2D eigenvalue weighted by molar-refractivity contribution is 7.21. The Hall–Kier alpha value is -2.49. The molecule has 1 unspecified atom stereocenters. The lowest BCUT2D eigenvalue weighted by atomic mass is 9.96. The van der Waals surface area contributed by atoms with Crippen LogP contribution >= 0.6 is 11.3 Å². The minimum atomic E-state index is 0.351. The van der Waals surface area contributed by atoms with Crippen LogP contribution in [0.25, 0.3) is 27.3 Å². The number of nitrogens with zero attached hydrogens (tertiary/aromatic N) is 6. The van der Waals surface area contributed by atoms with E-state index in [0.717, 1.165) is 65.6 Å². The highest BCUT2D eigenvalue weighted by atomic mass is 32.1. The second-order valence-corrected chi connectivity index (χ2v) is 11.9. The second kappa shape index (κ2) is 9.43. The molecular weight excluding hydrogens is 470 g/mol. The lowest BCUT2D eigenvalue weighted by Crippen LogP contribution is -2.53. The second-order valence-electron chi connectivity index (χ2n) is 10.9. The lowest BCUT2D eigenvalue weighted by molar-refractivity contribution is 0.0500. The molecule has 6 rings (SSSR count). The number of hydrogen-bond acceptors (Lipinski definition) is 7. The van der Waals surface area contributed by atoms with Gasteiger partial charge in [-0.05, 0) is 56.6 Å². The standard InChI is InChI=1S/C27H37N7OS/c1-16(2)22-23(21-14-34-25(28-15-29-34)19(5)18(21)4)30-26-24(22)31-27(36-26)33-9-8-32(12-17(33)3)13-20-6-10-35-11-7-20/h14-17,20,30H,6-13H2,1-5H3. The minimum Gasteiger partial charge on any atom is -0.381 e. The van der Waals surface area contributed by atoms with Gasteiger partial charge in [0.05, 0.1) is 5.69 Å². The van der Waals surface area contributed by atoms with Crippen molar-refractivity contribution in [2.45, 2.75) is 59.4 Å². The lowest BCUT2D eigenvalue weighted by Gasteiger charge is -2.41. The Morgan fingerprint density at radius 2 is 1.97 bits per heavy atom. The number of anilines is 1. The van der Waals surface area contributed by atoms with Gasteiger partial charge in [0.15, 0.2) is 10.8 Å². The Labute approximate surface area is 216 Å². The monoisotopic (exact) mass is 507 g/mol. The van der Waals surface area contributed by atoms with Gasteiger partial charge in [-0.25, -0.2) is 14.5 Å². The maximum Gasteiger partial charge on any atom is 0.188 e. The van der Waals surface area contributed by atoms with Gasteiger partial charge < -0.3 is 14.6 Å². The van der Waals surface area contributed by atoms with Crippen LogP contribution in [0.15, 0.2) is 12.5 Å². The molecule has 2 aliphatic rings. The molecule has 1 atom stereocenters. The molecular formula is C27H37N7OS. The third kappa shape index (κ3) is 4.11. The zero-order chi connectivity index (χ0) is 25.0. The number of hydrogen-bond donors (Lipinski definition) is 1. The van der Waals surface area contributed by atoms with Crippen molar-refractivity contribution >= 4 is 32.5 Å². The van der Waals surface area contributed by atoms with E-state index in [1.54, 1.807) is 17.7 Å². The number of H-pyrrole nitrogens is 1. The van der Waals surface area contributed by atoms with E-state index in [4.69, 9.17) is 9.72 Å². The average molecular weight is 508 g/mol. The molecule has 0 amide bonds. The molecule has 0 aliphatic carbocycles. The smallest absolute Gasteiger partial charge is 0.188 e. The van der Waals surface area contributed by atoms with Gasteiger partial charge in [-0.15, -0.1) is 0 Å². The van der Waals surface area contributed by atoms with Crippen molar-refractivity contribution in [2.24, 2.45) is 5.92 Å². The van der Waals surface area contributed by atoms with E-state index >= 15 is 0 Å². The molecule has 0 spiro atoms. The molecule has 0 saturated carbocycles. The van der Waals surface area contributed by atoms with E-state index in [-0.39, 0.29) is 0 Å². The first-order valence-electron chi connectivity index (χ1n) is 13.3. The number of aromatic nitrogens is 5. The summed E-state index contributed by atoms with van der Waals surface area (Å²) in [5.74, 6) is 1.13. The van der Waals surface area contributed by atoms with Gasteiger partial charge >= 0.3 is 0 Å². The summed E-state index contributed by atoms with van der Waals surface area (Å²) >= 11 is 1.80. The molecule has 0 bridgehead atoms. The summed E-state index contributed by atoms with van der Waals surface area (Å²) in [5, 5.41) is 5.55. The van der Waals surface area contributed by atoms with Crippen molar-refractivity contribution in [1.29, 1.82) is 0 Å². The van der Waals surface area contributed by atoms with Gasteiger partial charge in [-0.1, -0.05) is 25.2 Å². The van der Waals surface area contributed by atoms with Gasteiger partial charge in [0.1, 0.15) is 16.7 Å². The molecule has 0 aromatic carbocycles. The van der Waals surface area contributed by atoms with Crippen molar-refractivity contribution in [3.05, 3.63) is 29.2 Å². The fourth-order valence-corrected chi connectivity index (χ4v) is 7.12. The Morgan fingerprint density at radius 1 is 1.17 bits per heavy atom. The van der Waals surface area contributed by atoms with Crippen LogP contribution in [-0.4, -0.2) is 74.9 Å². The highest BCUT2D eigenvalue weighted by Crippen LogP contribution is 2.41. The van der Waals surface area contributed by atoms with E-state index in [2.05, 4.69) is 65.7 Å². The summed E-state index contributed by atoms with van der Waals surface area (Å²) < 4.78 is 7.44. The molecule has 4 aromatic rings. The number of pyridine rings is 1. The van der Waals surface area contributed by atoms with Crippen LogP contribution in [0.4, 0.5) is 5.13 Å². The zero-order valence-corrected chi connectivity index (χ0v) is 22.9. The third-order valence-corrected chi connectivity index (χ3v) is 9.17. The number of aryl methyl sites for hydroxylation is 1. The molecule has 0 radical (unpaired) electrons. The number of ether oxygens (including phenoxy) is 1. The molecule has 2 aliphatic heterocycles. The normalized spacial score (nSPS) is 20.4. The van der Waals surface area contributed by atoms with Crippen molar-refractivity contribution in [1.82, 2.24) is 29.5 Å². The highest BCUT2D eigenvalue weighted by Gasteiger charge is 2.30. The largest absolute Gasteiger partial charge is 0.381 e. The predicted octanol–water partition coefficient (Wildman–Crippen LogP) is 5.01. The van der Waals surface area contributed by atoms with Crippen LogP contribution in [0.1, 0.15) is 56.2 Å². The Bertz CT molecular complexity index is 1380. The Kier molecular flexibility index (Phi) is 6.25. The van der Waals surface area contributed by atoms with Crippen molar-refractivity contribution in [3.63, 3.8) is 0 Å².